The van der Waals surface area contributed by atoms with E-state index in [1.54, 1.807) is 6.07 Å². The maximum Gasteiger partial charge on any atom is 0.265 e. The molecule has 6 nitrogen and oxygen atoms in total. The van der Waals surface area contributed by atoms with E-state index < -0.39 is 6.10 Å². The van der Waals surface area contributed by atoms with E-state index in [9.17, 15) is 14.0 Å². The van der Waals surface area contributed by atoms with Gasteiger partial charge in [0, 0.05) is 31.0 Å². The summed E-state index contributed by atoms with van der Waals surface area (Å²) >= 11 is 0. The Kier molecular flexibility index (Phi) is 4.90. The number of carbonyl (C=O) groups excluding carboxylic acids is 2. The van der Waals surface area contributed by atoms with Crippen molar-refractivity contribution in [3.8, 4) is 5.75 Å². The molecule has 1 saturated heterocycles. The first-order chi connectivity index (χ1) is 13.5. The normalized spacial score (nSPS) is 19.0. The Balaban J connectivity index is 1.45. The van der Waals surface area contributed by atoms with Crippen LogP contribution in [0, 0.1) is 11.7 Å². The minimum Gasteiger partial charge on any atom is -0.480 e. The molecule has 1 unspecified atom stereocenters. The number of nitrogens with two attached hydrogens (primary N) is 1. The van der Waals surface area contributed by atoms with E-state index in [0.29, 0.717) is 49.4 Å². The molecular formula is C21H22FN3O3. The second-order valence-corrected chi connectivity index (χ2v) is 7.23. The molecule has 1 atom stereocenters. The lowest BCUT2D eigenvalue weighted by Gasteiger charge is -2.33. The molecule has 0 aliphatic carbocycles. The molecule has 0 bridgehead atoms. The third-order valence-electron chi connectivity index (χ3n) is 5.39. The highest BCUT2D eigenvalue weighted by atomic mass is 19.1. The standard InChI is InChI=1S/C21H22FN3O3/c22-15-5-6-18-14(11-15)12-19(28-18)21(27)24-16-3-1-2-4-17(16)25-9-7-13(8-10-25)20(23)26/h1-6,11,13,19H,7-10,12H2,(H2,23,26)(H,24,27). The molecule has 0 saturated carbocycles. The zero-order chi connectivity index (χ0) is 19.7. The number of nitrogens with one attached hydrogen (secondary N) is 1. The topological polar surface area (TPSA) is 84.7 Å². The summed E-state index contributed by atoms with van der Waals surface area (Å²) in [6, 6.07) is 11.8. The first-order valence-electron chi connectivity index (χ1n) is 9.40. The van der Waals surface area contributed by atoms with E-state index in [0.717, 1.165) is 5.69 Å². The summed E-state index contributed by atoms with van der Waals surface area (Å²) in [6.45, 7) is 1.40. The Bertz CT molecular complexity index is 910. The lowest BCUT2D eigenvalue weighted by molar-refractivity contribution is -0.122. The predicted octanol–water partition coefficient (Wildman–Crippen LogP) is 2.47. The van der Waals surface area contributed by atoms with Gasteiger partial charge in [-0.05, 0) is 43.2 Å². The summed E-state index contributed by atoms with van der Waals surface area (Å²) in [6.07, 6.45) is 1.05. The fourth-order valence-corrected chi connectivity index (χ4v) is 3.84. The third kappa shape index (κ3) is 3.65. The largest absolute Gasteiger partial charge is 0.480 e. The van der Waals surface area contributed by atoms with Crippen LogP contribution >= 0.6 is 0 Å². The van der Waals surface area contributed by atoms with Gasteiger partial charge < -0.3 is 20.7 Å². The maximum atomic E-state index is 13.4. The molecule has 1 fully saturated rings. The van der Waals surface area contributed by atoms with Crippen molar-refractivity contribution in [3.63, 3.8) is 0 Å². The highest BCUT2D eigenvalue weighted by molar-refractivity contribution is 5.98. The Morgan fingerprint density at radius 2 is 1.89 bits per heavy atom. The average Bonchev–Trinajstić information content (AvgIpc) is 3.12. The number of nitrogens with zero attached hydrogens (tertiary/aromatic N) is 1. The van der Waals surface area contributed by atoms with E-state index in [-0.39, 0.29) is 23.5 Å². The zero-order valence-corrected chi connectivity index (χ0v) is 15.4. The van der Waals surface area contributed by atoms with E-state index in [1.807, 2.05) is 24.3 Å². The van der Waals surface area contributed by atoms with Crippen molar-refractivity contribution in [1.29, 1.82) is 0 Å². The van der Waals surface area contributed by atoms with Gasteiger partial charge in [-0.15, -0.1) is 0 Å². The molecule has 146 valence electrons. The smallest absolute Gasteiger partial charge is 0.265 e. The molecule has 0 radical (unpaired) electrons. The fraction of sp³-hybridized carbons (Fsp3) is 0.333. The molecule has 3 N–H and O–H groups in total. The highest BCUT2D eigenvalue weighted by Crippen LogP contribution is 2.32. The van der Waals surface area contributed by atoms with E-state index in [2.05, 4.69) is 10.2 Å². The molecular weight excluding hydrogens is 361 g/mol. The number of benzene rings is 2. The quantitative estimate of drug-likeness (QED) is 0.850. The van der Waals surface area contributed by atoms with Crippen molar-refractivity contribution in [1.82, 2.24) is 0 Å². The summed E-state index contributed by atoms with van der Waals surface area (Å²) in [7, 11) is 0. The highest BCUT2D eigenvalue weighted by Gasteiger charge is 2.30. The number of anilines is 2. The molecule has 0 spiro atoms. The number of halogens is 1. The second kappa shape index (κ2) is 7.50. The minimum atomic E-state index is -0.689. The monoisotopic (exact) mass is 383 g/mol. The van der Waals surface area contributed by atoms with E-state index >= 15 is 0 Å². The lowest BCUT2D eigenvalue weighted by Crippen LogP contribution is -2.39. The third-order valence-corrected chi connectivity index (χ3v) is 5.39. The molecule has 28 heavy (non-hydrogen) atoms. The number of hydrogen-bond acceptors (Lipinski definition) is 4. The molecule has 4 rings (SSSR count). The lowest BCUT2D eigenvalue weighted by atomic mass is 9.96. The second-order valence-electron chi connectivity index (χ2n) is 7.23. The van der Waals surface area contributed by atoms with Crippen molar-refractivity contribution in [2.75, 3.05) is 23.3 Å². The predicted molar refractivity (Wildman–Crippen MR) is 104 cm³/mol. The number of carbonyl (C=O) groups is 2. The zero-order valence-electron chi connectivity index (χ0n) is 15.4. The van der Waals surface area contributed by atoms with Gasteiger partial charge >= 0.3 is 0 Å². The number of fused-ring (bicyclic) bond motifs is 1. The molecule has 0 aromatic heterocycles. The van der Waals surface area contributed by atoms with Crippen molar-refractivity contribution in [2.45, 2.75) is 25.4 Å². The molecule has 2 aliphatic rings. The van der Waals surface area contributed by atoms with Crippen LogP contribution in [-0.4, -0.2) is 31.0 Å². The number of rotatable bonds is 4. The van der Waals surface area contributed by atoms with Crippen molar-refractivity contribution < 1.29 is 18.7 Å². The van der Waals surface area contributed by atoms with Gasteiger partial charge in [0.1, 0.15) is 11.6 Å². The van der Waals surface area contributed by atoms with Gasteiger partial charge in [0.05, 0.1) is 11.4 Å². The Hall–Kier alpha value is -3.09. The van der Waals surface area contributed by atoms with Crippen LogP contribution in [0.3, 0.4) is 0 Å². The van der Waals surface area contributed by atoms with Crippen LogP contribution < -0.4 is 20.7 Å². The van der Waals surface area contributed by atoms with Crippen LogP contribution in [0.15, 0.2) is 42.5 Å². The number of ether oxygens (including phenoxy) is 1. The Morgan fingerprint density at radius 3 is 2.64 bits per heavy atom. The summed E-state index contributed by atoms with van der Waals surface area (Å²) in [5, 5.41) is 2.94. The van der Waals surface area contributed by atoms with Gasteiger partial charge in [-0.3, -0.25) is 9.59 Å². The first-order valence-corrected chi connectivity index (χ1v) is 9.40. The molecule has 2 aromatic rings. The summed E-state index contributed by atoms with van der Waals surface area (Å²) < 4.78 is 19.1. The van der Waals surface area contributed by atoms with Gasteiger partial charge in [0.15, 0.2) is 6.10 Å². The van der Waals surface area contributed by atoms with Crippen LogP contribution in [-0.2, 0) is 16.0 Å². The Morgan fingerprint density at radius 1 is 1.14 bits per heavy atom. The van der Waals surface area contributed by atoms with Crippen molar-refractivity contribution in [3.05, 3.63) is 53.8 Å². The van der Waals surface area contributed by atoms with Crippen LogP contribution in [0.25, 0.3) is 0 Å². The summed E-state index contributed by atoms with van der Waals surface area (Å²) in [4.78, 5) is 26.3. The SMILES string of the molecule is NC(=O)C1CCN(c2ccccc2NC(=O)C2Cc3cc(F)ccc3O2)CC1. The first kappa shape index (κ1) is 18.3. The molecule has 2 aromatic carbocycles. The number of para-hydroxylation sites is 2. The average molecular weight is 383 g/mol. The van der Waals surface area contributed by atoms with E-state index in [1.165, 1.54) is 12.1 Å². The summed E-state index contributed by atoms with van der Waals surface area (Å²) in [5.41, 5.74) is 7.70. The van der Waals surface area contributed by atoms with Gasteiger partial charge in [-0.25, -0.2) is 4.39 Å². The van der Waals surface area contributed by atoms with Crippen molar-refractivity contribution >= 4 is 23.2 Å². The Labute approximate surface area is 162 Å². The summed E-state index contributed by atoms with van der Waals surface area (Å²) in [5.74, 6) is -0.410. The van der Waals surface area contributed by atoms with Gasteiger partial charge in [0.2, 0.25) is 5.91 Å². The van der Waals surface area contributed by atoms with Gasteiger partial charge in [-0.2, -0.15) is 0 Å². The molecule has 7 heteroatoms. The van der Waals surface area contributed by atoms with Gasteiger partial charge in [-0.1, -0.05) is 12.1 Å². The van der Waals surface area contributed by atoms with Gasteiger partial charge in [0.25, 0.3) is 5.91 Å². The minimum absolute atomic E-state index is 0.0937. The van der Waals surface area contributed by atoms with E-state index in [4.69, 9.17) is 10.5 Å². The van der Waals surface area contributed by atoms with Crippen LogP contribution in [0.1, 0.15) is 18.4 Å². The van der Waals surface area contributed by atoms with Crippen LogP contribution in [0.5, 0.6) is 5.75 Å². The number of amides is 2. The number of hydrogen-bond donors (Lipinski definition) is 2. The van der Waals surface area contributed by atoms with Crippen LogP contribution in [0.4, 0.5) is 15.8 Å². The fourth-order valence-electron chi connectivity index (χ4n) is 3.84. The molecule has 2 aliphatic heterocycles. The van der Waals surface area contributed by atoms with Crippen LogP contribution in [0.2, 0.25) is 0 Å². The number of piperidine rings is 1. The van der Waals surface area contributed by atoms with Crippen molar-refractivity contribution in [2.24, 2.45) is 11.7 Å². The number of primary amides is 1. The maximum absolute atomic E-state index is 13.4. The molecule has 2 heterocycles. The molecule has 2 amide bonds.